The van der Waals surface area contributed by atoms with Gasteiger partial charge in [0, 0.05) is 25.1 Å². The summed E-state index contributed by atoms with van der Waals surface area (Å²) in [5, 5.41) is 4.15. The van der Waals surface area contributed by atoms with Crippen LogP contribution in [0.2, 0.25) is 0 Å². The molecule has 0 amide bonds. The third-order valence-corrected chi connectivity index (χ3v) is 4.83. The van der Waals surface area contributed by atoms with Crippen LogP contribution < -0.4 is 5.56 Å². The molecule has 2 aromatic heterocycles. The molecule has 0 spiro atoms. The smallest absolute Gasteiger partial charge is 0.251 e. The summed E-state index contributed by atoms with van der Waals surface area (Å²) in [6, 6.07) is 10.0. The van der Waals surface area contributed by atoms with Gasteiger partial charge in [-0.1, -0.05) is 12.1 Å². The molecular weight excluding hydrogens is 328 g/mol. The lowest BCUT2D eigenvalue weighted by molar-refractivity contribution is 0.198. The van der Waals surface area contributed by atoms with Crippen LogP contribution in [0.5, 0.6) is 0 Å². The van der Waals surface area contributed by atoms with Gasteiger partial charge in [0.05, 0.1) is 11.4 Å². The summed E-state index contributed by atoms with van der Waals surface area (Å²) in [7, 11) is 0. The Hall–Kier alpha value is -2.80. The molecule has 0 bridgehead atoms. The number of hydrogen-bond acceptors (Lipinski definition) is 5. The van der Waals surface area contributed by atoms with Crippen molar-refractivity contribution >= 4 is 0 Å². The molecule has 0 aliphatic carbocycles. The fraction of sp³-hybridized carbons (Fsp3) is 0.368. The standard InChI is InChI=1S/C19H22N6O/c1-14-22-18(9-19(26)23-14)16-3-2-8-24(11-16)10-15-4-6-17(7-5-15)25-13-20-12-21-25/h4-7,9,12-13,16H,2-3,8,10-11H2,1H3,(H,22,23,26). The zero-order valence-electron chi connectivity index (χ0n) is 14.8. The van der Waals surface area contributed by atoms with E-state index in [4.69, 9.17) is 0 Å². The summed E-state index contributed by atoms with van der Waals surface area (Å²) in [5.74, 6) is 1.01. The predicted molar refractivity (Wildman–Crippen MR) is 98.2 cm³/mol. The van der Waals surface area contributed by atoms with E-state index in [-0.39, 0.29) is 5.56 Å². The van der Waals surface area contributed by atoms with Crippen LogP contribution in [0, 0.1) is 6.92 Å². The number of nitrogens with zero attached hydrogens (tertiary/aromatic N) is 5. The maximum atomic E-state index is 11.7. The van der Waals surface area contributed by atoms with E-state index in [1.165, 1.54) is 11.9 Å². The topological polar surface area (TPSA) is 79.7 Å². The average molecular weight is 350 g/mol. The fourth-order valence-corrected chi connectivity index (χ4v) is 3.61. The second-order valence-electron chi connectivity index (χ2n) is 6.84. The number of benzene rings is 1. The zero-order valence-corrected chi connectivity index (χ0v) is 14.8. The fourth-order valence-electron chi connectivity index (χ4n) is 3.61. The summed E-state index contributed by atoms with van der Waals surface area (Å²) in [5.41, 5.74) is 3.13. The highest BCUT2D eigenvalue weighted by atomic mass is 16.1. The first-order valence-corrected chi connectivity index (χ1v) is 8.91. The number of nitrogens with one attached hydrogen (secondary N) is 1. The van der Waals surface area contributed by atoms with E-state index in [1.54, 1.807) is 17.1 Å². The number of hydrogen-bond donors (Lipinski definition) is 1. The van der Waals surface area contributed by atoms with Gasteiger partial charge < -0.3 is 4.98 Å². The third kappa shape index (κ3) is 3.72. The molecule has 0 radical (unpaired) electrons. The summed E-state index contributed by atoms with van der Waals surface area (Å²) in [6.45, 7) is 4.74. The predicted octanol–water partition coefficient (Wildman–Crippen LogP) is 2.04. The quantitative estimate of drug-likeness (QED) is 0.779. The number of H-pyrrole nitrogens is 1. The van der Waals surface area contributed by atoms with Gasteiger partial charge in [-0.2, -0.15) is 5.10 Å². The van der Waals surface area contributed by atoms with Crippen LogP contribution in [0.1, 0.15) is 35.8 Å². The van der Waals surface area contributed by atoms with Crippen LogP contribution in [0.15, 0.2) is 47.8 Å². The lowest BCUT2D eigenvalue weighted by Crippen LogP contribution is -2.34. The highest BCUT2D eigenvalue weighted by molar-refractivity contribution is 5.33. The molecule has 1 aliphatic rings. The lowest BCUT2D eigenvalue weighted by atomic mass is 9.94. The minimum atomic E-state index is -0.0617. The van der Waals surface area contributed by atoms with Gasteiger partial charge >= 0.3 is 0 Å². The van der Waals surface area contributed by atoms with E-state index in [0.29, 0.717) is 11.7 Å². The summed E-state index contributed by atoms with van der Waals surface area (Å²) < 4.78 is 1.75. The number of aryl methyl sites for hydroxylation is 1. The van der Waals surface area contributed by atoms with Gasteiger partial charge in [-0.05, 0) is 44.0 Å². The molecule has 0 saturated carbocycles. The van der Waals surface area contributed by atoms with E-state index in [1.807, 2.05) is 6.92 Å². The number of likely N-dealkylation sites (tertiary alicyclic amines) is 1. The molecule has 4 rings (SSSR count). The molecule has 26 heavy (non-hydrogen) atoms. The Kier molecular flexibility index (Phi) is 4.62. The highest BCUT2D eigenvalue weighted by Crippen LogP contribution is 2.26. The molecule has 1 fully saturated rings. The minimum Gasteiger partial charge on any atom is -0.311 e. The van der Waals surface area contributed by atoms with Crippen LogP contribution in [-0.2, 0) is 6.54 Å². The summed E-state index contributed by atoms with van der Waals surface area (Å²) in [4.78, 5) is 25.4. The normalized spacial score (nSPS) is 18.1. The van der Waals surface area contributed by atoms with E-state index in [9.17, 15) is 4.79 Å². The van der Waals surface area contributed by atoms with Crippen molar-refractivity contribution in [3.8, 4) is 5.69 Å². The second-order valence-corrected chi connectivity index (χ2v) is 6.84. The third-order valence-electron chi connectivity index (χ3n) is 4.83. The van der Waals surface area contributed by atoms with E-state index in [0.717, 1.165) is 43.9 Å². The Morgan fingerprint density at radius 3 is 2.85 bits per heavy atom. The van der Waals surface area contributed by atoms with Gasteiger partial charge in [0.25, 0.3) is 5.56 Å². The van der Waals surface area contributed by atoms with Crippen LogP contribution in [0.3, 0.4) is 0 Å². The van der Waals surface area contributed by atoms with Crippen molar-refractivity contribution in [2.45, 2.75) is 32.2 Å². The molecule has 1 aliphatic heterocycles. The Bertz CT molecular complexity index is 916. The Morgan fingerprint density at radius 1 is 1.27 bits per heavy atom. The van der Waals surface area contributed by atoms with Crippen LogP contribution in [0.4, 0.5) is 0 Å². The van der Waals surface area contributed by atoms with Gasteiger partial charge in [-0.25, -0.2) is 14.6 Å². The van der Waals surface area contributed by atoms with Crippen molar-refractivity contribution in [3.63, 3.8) is 0 Å². The summed E-state index contributed by atoms with van der Waals surface area (Å²) >= 11 is 0. The van der Waals surface area contributed by atoms with Gasteiger partial charge in [-0.3, -0.25) is 9.69 Å². The van der Waals surface area contributed by atoms with Crippen molar-refractivity contribution in [2.75, 3.05) is 13.1 Å². The van der Waals surface area contributed by atoms with Crippen LogP contribution >= 0.6 is 0 Å². The molecule has 1 atom stereocenters. The molecule has 1 saturated heterocycles. The number of aromatic nitrogens is 5. The van der Waals surface area contributed by atoms with Gasteiger partial charge in [-0.15, -0.1) is 0 Å². The number of piperidine rings is 1. The van der Waals surface area contributed by atoms with Gasteiger partial charge in [0.2, 0.25) is 0 Å². The van der Waals surface area contributed by atoms with Gasteiger partial charge in [0.15, 0.2) is 0 Å². The molecule has 1 unspecified atom stereocenters. The van der Waals surface area contributed by atoms with Crippen LogP contribution in [0.25, 0.3) is 5.69 Å². The van der Waals surface area contributed by atoms with Crippen molar-refractivity contribution in [1.29, 1.82) is 0 Å². The Morgan fingerprint density at radius 2 is 2.12 bits per heavy atom. The minimum absolute atomic E-state index is 0.0617. The maximum absolute atomic E-state index is 11.7. The SMILES string of the molecule is Cc1nc(C2CCCN(Cc3ccc(-n4cncn4)cc3)C2)cc(=O)[nH]1. The lowest BCUT2D eigenvalue weighted by Gasteiger charge is -2.32. The first kappa shape index (κ1) is 16.7. The first-order valence-electron chi connectivity index (χ1n) is 8.91. The molecule has 3 aromatic rings. The second kappa shape index (κ2) is 7.21. The van der Waals surface area contributed by atoms with Crippen molar-refractivity contribution < 1.29 is 0 Å². The number of rotatable bonds is 4. The van der Waals surface area contributed by atoms with E-state index >= 15 is 0 Å². The zero-order chi connectivity index (χ0) is 17.9. The van der Waals surface area contributed by atoms with Gasteiger partial charge in [0.1, 0.15) is 18.5 Å². The Labute approximate surface area is 151 Å². The molecular formula is C19H22N6O. The van der Waals surface area contributed by atoms with Crippen molar-refractivity contribution in [1.82, 2.24) is 29.6 Å². The average Bonchev–Trinajstić information content (AvgIpc) is 3.16. The first-order chi connectivity index (χ1) is 12.7. The number of aromatic amines is 1. The van der Waals surface area contributed by atoms with E-state index in [2.05, 4.69) is 49.2 Å². The Balaban J connectivity index is 1.44. The largest absolute Gasteiger partial charge is 0.311 e. The molecule has 134 valence electrons. The summed E-state index contributed by atoms with van der Waals surface area (Å²) in [6.07, 6.45) is 5.43. The highest BCUT2D eigenvalue weighted by Gasteiger charge is 2.23. The van der Waals surface area contributed by atoms with Crippen molar-refractivity contribution in [3.05, 3.63) is 70.4 Å². The molecule has 7 heteroatoms. The molecule has 1 N–H and O–H groups in total. The van der Waals surface area contributed by atoms with E-state index < -0.39 is 0 Å². The van der Waals surface area contributed by atoms with Crippen molar-refractivity contribution in [2.24, 2.45) is 0 Å². The maximum Gasteiger partial charge on any atom is 0.251 e. The molecule has 3 heterocycles. The molecule has 7 nitrogen and oxygen atoms in total. The van der Waals surface area contributed by atoms with Crippen LogP contribution in [-0.4, -0.2) is 42.7 Å². The molecule has 1 aromatic carbocycles. The monoisotopic (exact) mass is 350 g/mol.